The largest absolute Gasteiger partial charge is 0.368 e. The van der Waals surface area contributed by atoms with Crippen LogP contribution in [0.4, 0.5) is 17.6 Å². The topological polar surface area (TPSA) is 176 Å². The SMILES string of the molecule is CCn1nc(C)cc1C(=O)Nc1nc2ccccc2n1C/C=C/Cn1c(NC(=O)c2cc(C)nn2CC)nc2c(N(C)CC(N)=O)cccc21. The molecule has 0 aliphatic carbocycles. The van der Waals surface area contributed by atoms with Crippen molar-refractivity contribution in [2.24, 2.45) is 5.73 Å². The molecule has 2 aromatic carbocycles. The molecule has 0 aliphatic heterocycles. The van der Waals surface area contributed by atoms with Gasteiger partial charge in [-0.2, -0.15) is 10.2 Å². The van der Waals surface area contributed by atoms with Crippen molar-refractivity contribution in [2.75, 3.05) is 29.1 Å². The summed E-state index contributed by atoms with van der Waals surface area (Å²) >= 11 is 0. The van der Waals surface area contributed by atoms with Gasteiger partial charge in [0.25, 0.3) is 11.8 Å². The smallest absolute Gasteiger partial charge is 0.276 e. The number of amides is 3. The third kappa shape index (κ3) is 6.70. The number of fused-ring (bicyclic) bond motifs is 2. The predicted molar refractivity (Wildman–Crippen MR) is 192 cm³/mol. The standard InChI is InChI=1S/C35H40N12O3/c1-6-46-28(19-22(3)41-46)32(49)39-34-37-24-13-8-9-14-25(24)44(34)17-10-11-18-45-27-16-12-15-26(43(5)21-30(36)48)31(27)38-35(45)40-33(50)29-20-23(4)42-47(29)7-2/h8-16,19-20H,6-7,17-18,21H2,1-5H3,(H2,36,48)(H,37,39,49)(H,38,40,50)/b11-10+. The number of anilines is 3. The van der Waals surface area contributed by atoms with Gasteiger partial charge in [-0.25, -0.2) is 9.97 Å². The number of imidazole rings is 2. The van der Waals surface area contributed by atoms with Gasteiger partial charge >= 0.3 is 0 Å². The second-order valence-corrected chi connectivity index (χ2v) is 11.9. The molecule has 4 N–H and O–H groups in total. The predicted octanol–water partition coefficient (Wildman–Crippen LogP) is 4.12. The van der Waals surface area contributed by atoms with Gasteiger partial charge in [0.2, 0.25) is 17.8 Å². The van der Waals surface area contributed by atoms with E-state index in [9.17, 15) is 14.4 Å². The molecule has 15 heteroatoms. The molecule has 50 heavy (non-hydrogen) atoms. The number of aryl methyl sites for hydroxylation is 4. The van der Waals surface area contributed by atoms with Gasteiger partial charge in [0.15, 0.2) is 0 Å². The first-order chi connectivity index (χ1) is 24.1. The fraction of sp³-hybridized carbons (Fsp3) is 0.286. The molecule has 6 rings (SSSR count). The molecule has 4 aromatic heterocycles. The number of carbonyl (C=O) groups excluding carboxylic acids is 3. The van der Waals surface area contributed by atoms with Crippen LogP contribution in [0.3, 0.4) is 0 Å². The van der Waals surface area contributed by atoms with Gasteiger partial charge in [0.05, 0.1) is 40.2 Å². The van der Waals surface area contributed by atoms with Crippen molar-refractivity contribution < 1.29 is 14.4 Å². The van der Waals surface area contributed by atoms with Crippen LogP contribution >= 0.6 is 0 Å². The summed E-state index contributed by atoms with van der Waals surface area (Å²) in [5, 5.41) is 14.8. The first kappa shape index (κ1) is 33.6. The number of para-hydroxylation sites is 3. The van der Waals surface area contributed by atoms with Crippen molar-refractivity contribution in [2.45, 2.75) is 53.9 Å². The number of hydrogen-bond donors (Lipinski definition) is 3. The number of benzene rings is 2. The zero-order valence-electron chi connectivity index (χ0n) is 28.7. The van der Waals surface area contributed by atoms with Crippen LogP contribution in [0.1, 0.15) is 46.2 Å². The highest BCUT2D eigenvalue weighted by atomic mass is 16.2. The van der Waals surface area contributed by atoms with Gasteiger partial charge in [-0.05, 0) is 64.1 Å². The number of nitrogens with one attached hydrogen (secondary N) is 2. The lowest BCUT2D eigenvalue weighted by atomic mass is 10.2. The van der Waals surface area contributed by atoms with Crippen molar-refractivity contribution in [1.82, 2.24) is 38.7 Å². The maximum absolute atomic E-state index is 13.5. The molecule has 0 aliphatic rings. The van der Waals surface area contributed by atoms with Crippen LogP contribution in [0.25, 0.3) is 22.1 Å². The van der Waals surface area contributed by atoms with Crippen LogP contribution in [0.2, 0.25) is 0 Å². The van der Waals surface area contributed by atoms with E-state index >= 15 is 0 Å². The first-order valence-corrected chi connectivity index (χ1v) is 16.4. The van der Waals surface area contributed by atoms with E-state index in [1.807, 2.05) is 91.4 Å². The van der Waals surface area contributed by atoms with Crippen molar-refractivity contribution >= 4 is 57.4 Å². The van der Waals surface area contributed by atoms with Crippen LogP contribution in [0.15, 0.2) is 66.7 Å². The van der Waals surface area contributed by atoms with Gasteiger partial charge in [0, 0.05) is 33.2 Å². The summed E-state index contributed by atoms with van der Waals surface area (Å²) in [7, 11) is 1.77. The number of aromatic nitrogens is 8. The Labute approximate surface area is 288 Å². The quantitative estimate of drug-likeness (QED) is 0.153. The Kier molecular flexibility index (Phi) is 9.47. The summed E-state index contributed by atoms with van der Waals surface area (Å²) in [6.07, 6.45) is 3.94. The van der Waals surface area contributed by atoms with E-state index < -0.39 is 5.91 Å². The molecule has 0 bridgehead atoms. The minimum Gasteiger partial charge on any atom is -0.368 e. The maximum atomic E-state index is 13.5. The monoisotopic (exact) mass is 676 g/mol. The van der Waals surface area contributed by atoms with Gasteiger partial charge in [-0.1, -0.05) is 30.4 Å². The Morgan fingerprint density at radius 3 is 1.90 bits per heavy atom. The Balaban J connectivity index is 1.31. The number of nitrogens with zero attached hydrogens (tertiary/aromatic N) is 9. The Bertz CT molecular complexity index is 2250. The molecule has 0 atom stereocenters. The molecule has 6 aromatic rings. The van der Waals surface area contributed by atoms with E-state index in [-0.39, 0.29) is 18.4 Å². The van der Waals surface area contributed by atoms with E-state index in [1.54, 1.807) is 33.4 Å². The Morgan fingerprint density at radius 1 is 0.780 bits per heavy atom. The van der Waals surface area contributed by atoms with E-state index in [0.29, 0.717) is 60.7 Å². The fourth-order valence-corrected chi connectivity index (χ4v) is 6.02. The molecule has 4 heterocycles. The van der Waals surface area contributed by atoms with E-state index in [4.69, 9.17) is 15.7 Å². The van der Waals surface area contributed by atoms with Crippen LogP contribution in [0.5, 0.6) is 0 Å². The lowest BCUT2D eigenvalue weighted by Gasteiger charge is -2.17. The van der Waals surface area contributed by atoms with Gasteiger partial charge in [0.1, 0.15) is 16.9 Å². The number of rotatable bonds is 13. The molecular weight excluding hydrogens is 636 g/mol. The minimum atomic E-state index is -0.475. The average molecular weight is 677 g/mol. The maximum Gasteiger partial charge on any atom is 0.276 e. The fourth-order valence-electron chi connectivity index (χ4n) is 6.02. The number of carbonyl (C=O) groups is 3. The highest BCUT2D eigenvalue weighted by Crippen LogP contribution is 2.29. The molecule has 15 nitrogen and oxygen atoms in total. The molecule has 0 saturated carbocycles. The Hall–Kier alpha value is -6.25. The molecule has 258 valence electrons. The van der Waals surface area contributed by atoms with E-state index in [0.717, 1.165) is 27.9 Å². The number of primary amides is 1. The number of allylic oxidation sites excluding steroid dienone is 2. The minimum absolute atomic E-state index is 0.000650. The summed E-state index contributed by atoms with van der Waals surface area (Å²) in [6, 6.07) is 16.8. The Morgan fingerprint density at radius 2 is 1.32 bits per heavy atom. The van der Waals surface area contributed by atoms with Gasteiger partial charge < -0.3 is 19.8 Å². The van der Waals surface area contributed by atoms with Crippen LogP contribution in [0, 0.1) is 13.8 Å². The van der Waals surface area contributed by atoms with Gasteiger partial charge in [-0.3, -0.25) is 34.4 Å². The highest BCUT2D eigenvalue weighted by Gasteiger charge is 2.21. The van der Waals surface area contributed by atoms with Crippen molar-refractivity contribution in [3.63, 3.8) is 0 Å². The summed E-state index contributed by atoms with van der Waals surface area (Å²) < 4.78 is 7.14. The van der Waals surface area contributed by atoms with Gasteiger partial charge in [-0.15, -0.1) is 0 Å². The van der Waals surface area contributed by atoms with E-state index in [1.165, 1.54) is 0 Å². The summed E-state index contributed by atoms with van der Waals surface area (Å²) in [6.45, 7) is 9.40. The highest BCUT2D eigenvalue weighted by molar-refractivity contribution is 6.04. The molecular formula is C35H40N12O3. The van der Waals surface area contributed by atoms with Crippen molar-refractivity contribution in [3.05, 3.63) is 89.5 Å². The van der Waals surface area contributed by atoms with Crippen LogP contribution in [-0.2, 0) is 31.0 Å². The lowest BCUT2D eigenvalue weighted by molar-refractivity contribution is -0.116. The third-order valence-corrected chi connectivity index (χ3v) is 8.28. The summed E-state index contributed by atoms with van der Waals surface area (Å²) in [5.41, 5.74) is 11.5. The zero-order chi connectivity index (χ0) is 35.5. The molecule has 0 fully saturated rings. The zero-order valence-corrected chi connectivity index (χ0v) is 28.7. The molecule has 0 unspecified atom stereocenters. The van der Waals surface area contributed by atoms with Crippen molar-refractivity contribution in [1.29, 1.82) is 0 Å². The number of likely N-dealkylation sites (N-methyl/N-ethyl adjacent to an activating group) is 1. The number of nitrogens with two attached hydrogens (primary N) is 1. The third-order valence-electron chi connectivity index (χ3n) is 8.28. The second-order valence-electron chi connectivity index (χ2n) is 11.9. The van der Waals surface area contributed by atoms with Crippen LogP contribution in [-0.4, -0.2) is 70.0 Å². The number of hydrogen-bond acceptors (Lipinski definition) is 8. The first-order valence-electron chi connectivity index (χ1n) is 16.4. The average Bonchev–Trinajstić information content (AvgIpc) is 3.85. The second kappa shape index (κ2) is 14.1. The molecule has 0 saturated heterocycles. The van der Waals surface area contributed by atoms with Crippen LogP contribution < -0.4 is 21.3 Å². The summed E-state index contributed by atoms with van der Waals surface area (Å²) in [5.74, 6) is -0.370. The van der Waals surface area contributed by atoms with E-state index in [2.05, 4.69) is 20.8 Å². The molecule has 3 amide bonds. The lowest BCUT2D eigenvalue weighted by Crippen LogP contribution is -2.30. The normalized spacial score (nSPS) is 11.5. The summed E-state index contributed by atoms with van der Waals surface area (Å²) in [4.78, 5) is 49.9. The molecule has 0 radical (unpaired) electrons. The molecule has 0 spiro atoms. The van der Waals surface area contributed by atoms with Crippen molar-refractivity contribution in [3.8, 4) is 0 Å².